The van der Waals surface area contributed by atoms with Gasteiger partial charge in [-0.25, -0.2) is 22.3 Å². The van der Waals surface area contributed by atoms with Gasteiger partial charge < -0.3 is 15.4 Å². The SMILES string of the molecule is N=CC1CC2(C(=O)O)CN(S(=O)c3ccc(N4CCC(F)C4)nc3)CCC2=CC1=Nc1ccc(F)cc1. The third kappa shape index (κ3) is 4.97. The van der Waals surface area contributed by atoms with Gasteiger partial charge in [0.15, 0.2) is 0 Å². The van der Waals surface area contributed by atoms with Crippen LogP contribution in [0.1, 0.15) is 19.3 Å². The lowest BCUT2D eigenvalue weighted by molar-refractivity contribution is -0.148. The van der Waals surface area contributed by atoms with Crippen molar-refractivity contribution in [2.45, 2.75) is 30.3 Å². The summed E-state index contributed by atoms with van der Waals surface area (Å²) in [6, 6.07) is 9.08. The van der Waals surface area contributed by atoms with Crippen LogP contribution in [-0.4, -0.2) is 68.9 Å². The zero-order valence-electron chi connectivity index (χ0n) is 20.0. The van der Waals surface area contributed by atoms with Gasteiger partial charge in [-0.05, 0) is 67.3 Å². The summed E-state index contributed by atoms with van der Waals surface area (Å²) in [7, 11) is -1.64. The van der Waals surface area contributed by atoms with Gasteiger partial charge in [0.2, 0.25) is 0 Å². The Kier molecular flexibility index (Phi) is 7.00. The minimum Gasteiger partial charge on any atom is -0.481 e. The minimum atomic E-state index is -1.64. The molecule has 0 bridgehead atoms. The molecule has 1 aromatic carbocycles. The molecular weight excluding hydrogens is 500 g/mol. The lowest BCUT2D eigenvalue weighted by Gasteiger charge is -2.44. The number of carboxylic acids is 1. The second-order valence-corrected chi connectivity index (χ2v) is 11.1. The van der Waals surface area contributed by atoms with E-state index in [9.17, 15) is 22.9 Å². The number of pyridine rings is 1. The molecule has 8 nitrogen and oxygen atoms in total. The number of fused-ring (bicyclic) bond motifs is 1. The van der Waals surface area contributed by atoms with E-state index in [4.69, 9.17) is 5.41 Å². The summed E-state index contributed by atoms with van der Waals surface area (Å²) in [4.78, 5) is 23.9. The summed E-state index contributed by atoms with van der Waals surface area (Å²) in [6.07, 6.45) is 4.50. The Hall–Kier alpha value is -3.31. The third-order valence-corrected chi connectivity index (χ3v) is 8.69. The molecule has 2 N–H and O–H groups in total. The molecule has 194 valence electrons. The van der Waals surface area contributed by atoms with E-state index in [0.29, 0.717) is 60.2 Å². The van der Waals surface area contributed by atoms with Crippen LogP contribution in [0.15, 0.2) is 64.1 Å². The van der Waals surface area contributed by atoms with Crippen molar-refractivity contribution in [3.05, 3.63) is 60.1 Å². The molecule has 0 spiro atoms. The molecule has 0 saturated carbocycles. The number of nitrogens with zero attached hydrogens (tertiary/aromatic N) is 4. The Bertz CT molecular complexity index is 1280. The number of nitrogens with one attached hydrogen (secondary N) is 1. The van der Waals surface area contributed by atoms with Crippen LogP contribution in [-0.2, 0) is 15.8 Å². The average molecular weight is 528 g/mol. The second kappa shape index (κ2) is 10.2. The van der Waals surface area contributed by atoms with Crippen LogP contribution in [0.2, 0.25) is 0 Å². The number of halogens is 2. The topological polar surface area (TPSA) is 110 Å². The molecule has 3 heterocycles. The number of piperidine rings is 1. The number of carboxylic acid groups (broad SMARTS) is 1. The van der Waals surface area contributed by atoms with Crippen molar-refractivity contribution < 1.29 is 22.9 Å². The molecule has 4 unspecified atom stereocenters. The first-order valence-electron chi connectivity index (χ1n) is 12.1. The molecule has 1 aliphatic carbocycles. The molecule has 0 amide bonds. The fourth-order valence-corrected chi connectivity index (χ4v) is 6.45. The number of carbonyl (C=O) groups is 1. The normalized spacial score (nSPS) is 28.0. The molecule has 2 fully saturated rings. The van der Waals surface area contributed by atoms with Gasteiger partial charge in [-0.1, -0.05) is 0 Å². The number of anilines is 1. The average Bonchev–Trinajstić information content (AvgIpc) is 3.35. The highest BCUT2D eigenvalue weighted by Crippen LogP contribution is 2.45. The molecule has 5 rings (SSSR count). The summed E-state index contributed by atoms with van der Waals surface area (Å²) >= 11 is 0. The van der Waals surface area contributed by atoms with E-state index < -0.39 is 34.5 Å². The number of allylic oxidation sites excluding steroid dienone is 1. The van der Waals surface area contributed by atoms with Crippen LogP contribution >= 0.6 is 0 Å². The Morgan fingerprint density at radius 2 is 2.03 bits per heavy atom. The van der Waals surface area contributed by atoms with Crippen LogP contribution in [0, 0.1) is 22.6 Å². The zero-order chi connectivity index (χ0) is 26.2. The molecule has 2 aliphatic heterocycles. The van der Waals surface area contributed by atoms with Crippen molar-refractivity contribution >= 4 is 40.4 Å². The van der Waals surface area contributed by atoms with Gasteiger partial charge in [-0.15, -0.1) is 0 Å². The van der Waals surface area contributed by atoms with E-state index in [2.05, 4.69) is 9.98 Å². The van der Waals surface area contributed by atoms with E-state index in [1.807, 2.05) is 4.90 Å². The van der Waals surface area contributed by atoms with E-state index in [-0.39, 0.29) is 18.8 Å². The maximum absolute atomic E-state index is 13.5. The Labute approximate surface area is 215 Å². The summed E-state index contributed by atoms with van der Waals surface area (Å²) in [6.45, 7) is 1.27. The summed E-state index contributed by atoms with van der Waals surface area (Å²) < 4.78 is 41.9. The molecule has 2 saturated heterocycles. The van der Waals surface area contributed by atoms with Gasteiger partial charge in [-0.3, -0.25) is 9.79 Å². The second-order valence-electron chi connectivity index (χ2n) is 9.59. The van der Waals surface area contributed by atoms with E-state index in [1.165, 1.54) is 36.7 Å². The van der Waals surface area contributed by atoms with Crippen molar-refractivity contribution in [1.82, 2.24) is 9.29 Å². The van der Waals surface area contributed by atoms with Gasteiger partial charge >= 0.3 is 5.97 Å². The van der Waals surface area contributed by atoms with Gasteiger partial charge in [0.05, 0.1) is 17.1 Å². The lowest BCUT2D eigenvalue weighted by atomic mass is 9.65. The molecule has 4 atom stereocenters. The van der Waals surface area contributed by atoms with Crippen molar-refractivity contribution in [2.24, 2.45) is 16.3 Å². The fraction of sp³-hybridized carbons (Fsp3) is 0.385. The first kappa shape index (κ1) is 25.3. The van der Waals surface area contributed by atoms with Gasteiger partial charge in [-0.2, -0.15) is 0 Å². The summed E-state index contributed by atoms with van der Waals surface area (Å²) in [5, 5.41) is 18.3. The molecule has 37 heavy (non-hydrogen) atoms. The van der Waals surface area contributed by atoms with E-state index in [1.54, 1.807) is 22.5 Å². The Balaban J connectivity index is 1.39. The number of aromatic nitrogens is 1. The van der Waals surface area contributed by atoms with Crippen LogP contribution in [0.25, 0.3) is 0 Å². The van der Waals surface area contributed by atoms with E-state index >= 15 is 0 Å². The van der Waals surface area contributed by atoms with Crippen LogP contribution in [0.5, 0.6) is 0 Å². The fourth-order valence-electron chi connectivity index (χ4n) is 5.23. The van der Waals surface area contributed by atoms with Crippen LogP contribution < -0.4 is 4.90 Å². The highest BCUT2D eigenvalue weighted by molar-refractivity contribution is 7.82. The molecular formula is C26H27F2N5O3S. The Morgan fingerprint density at radius 1 is 1.24 bits per heavy atom. The summed E-state index contributed by atoms with van der Waals surface area (Å²) in [5.74, 6) is -1.34. The quantitative estimate of drug-likeness (QED) is 0.553. The largest absolute Gasteiger partial charge is 0.481 e. The standard InChI is InChI=1S/C26H27F2N5O3S/c27-19-1-3-21(4-2-19)31-23-11-18-7-10-33(16-26(18,25(34)35)12-17(23)13-29)37(36)22-5-6-24(30-14-22)32-9-8-20(28)15-32/h1-6,11,13-14,17,20,29H,7-10,12,15-16H2,(H,34,35). The number of aliphatic imine (C=N–C) groups is 1. The van der Waals surface area contributed by atoms with Gasteiger partial charge in [0.1, 0.15) is 34.2 Å². The Morgan fingerprint density at radius 3 is 2.65 bits per heavy atom. The predicted molar refractivity (Wildman–Crippen MR) is 137 cm³/mol. The molecule has 3 aliphatic rings. The van der Waals surface area contributed by atoms with Crippen LogP contribution in [0.3, 0.4) is 0 Å². The highest BCUT2D eigenvalue weighted by Gasteiger charge is 2.51. The maximum Gasteiger partial charge on any atom is 0.315 e. The third-order valence-electron chi connectivity index (χ3n) is 7.27. The highest BCUT2D eigenvalue weighted by atomic mass is 32.2. The van der Waals surface area contributed by atoms with Crippen molar-refractivity contribution in [1.29, 1.82) is 5.41 Å². The smallest absolute Gasteiger partial charge is 0.315 e. The first-order chi connectivity index (χ1) is 17.8. The number of rotatable bonds is 6. The lowest BCUT2D eigenvalue weighted by Crippen LogP contribution is -2.53. The summed E-state index contributed by atoms with van der Waals surface area (Å²) in [5.41, 5.74) is 0.445. The minimum absolute atomic E-state index is 0.0202. The monoisotopic (exact) mass is 527 g/mol. The molecule has 11 heteroatoms. The number of benzene rings is 1. The molecule has 0 radical (unpaired) electrons. The number of aliphatic carboxylic acids is 1. The van der Waals surface area contributed by atoms with Crippen molar-refractivity contribution in [3.8, 4) is 0 Å². The predicted octanol–water partition coefficient (Wildman–Crippen LogP) is 3.94. The molecule has 1 aromatic heterocycles. The van der Waals surface area contributed by atoms with Crippen molar-refractivity contribution in [2.75, 3.05) is 31.1 Å². The molecule has 2 aromatic rings. The van der Waals surface area contributed by atoms with Crippen LogP contribution in [0.4, 0.5) is 20.3 Å². The van der Waals surface area contributed by atoms with E-state index in [0.717, 1.165) is 0 Å². The number of hydrogen-bond donors (Lipinski definition) is 2. The van der Waals surface area contributed by atoms with Gasteiger partial charge in [0.25, 0.3) is 0 Å². The zero-order valence-corrected chi connectivity index (χ0v) is 20.8. The first-order valence-corrected chi connectivity index (χ1v) is 13.2. The number of alkyl halides is 1. The maximum atomic E-state index is 13.5. The van der Waals surface area contributed by atoms with Crippen molar-refractivity contribution in [3.63, 3.8) is 0 Å². The number of hydrogen-bond acceptors (Lipinski definition) is 6. The van der Waals surface area contributed by atoms with Gasteiger partial charge in [0, 0.05) is 43.7 Å².